The van der Waals surface area contributed by atoms with Gasteiger partial charge in [-0.05, 0) is 30.7 Å². The monoisotopic (exact) mass is 230 g/mol. The van der Waals surface area contributed by atoms with Crippen molar-refractivity contribution in [3.63, 3.8) is 0 Å². The molecule has 1 aromatic carbocycles. The standard InChI is InChI=1S/C11H12N4.C2H6/c12-2-1-8-6-15-10-4-7(5-13)3-9(14)11(8)10;1-2/h3-4,6,15H,1-2,12,14H2;1-2H3. The minimum atomic E-state index is 0.571. The predicted molar refractivity (Wildman–Crippen MR) is 71.5 cm³/mol. The van der Waals surface area contributed by atoms with Crippen LogP contribution in [0.3, 0.4) is 0 Å². The average molecular weight is 230 g/mol. The van der Waals surface area contributed by atoms with Gasteiger partial charge in [0.25, 0.3) is 0 Å². The molecule has 2 aromatic rings. The summed E-state index contributed by atoms with van der Waals surface area (Å²) >= 11 is 0. The van der Waals surface area contributed by atoms with E-state index in [1.54, 1.807) is 12.1 Å². The molecule has 0 amide bonds. The number of hydrogen-bond donors (Lipinski definition) is 3. The molecule has 4 heteroatoms. The third-order valence-corrected chi connectivity index (χ3v) is 2.43. The number of anilines is 1. The van der Waals surface area contributed by atoms with Gasteiger partial charge in [0, 0.05) is 22.8 Å². The van der Waals surface area contributed by atoms with Crippen LogP contribution in [0.25, 0.3) is 10.9 Å². The normalized spacial score (nSPS) is 9.53. The molecule has 1 heterocycles. The van der Waals surface area contributed by atoms with Crippen molar-refractivity contribution >= 4 is 16.6 Å². The maximum atomic E-state index is 8.79. The second-order valence-corrected chi connectivity index (χ2v) is 3.45. The van der Waals surface area contributed by atoms with Gasteiger partial charge in [-0.1, -0.05) is 13.8 Å². The van der Waals surface area contributed by atoms with Crippen molar-refractivity contribution in [3.8, 4) is 6.07 Å². The van der Waals surface area contributed by atoms with E-state index < -0.39 is 0 Å². The van der Waals surface area contributed by atoms with E-state index in [2.05, 4.69) is 11.1 Å². The van der Waals surface area contributed by atoms with Crippen molar-refractivity contribution in [2.75, 3.05) is 12.3 Å². The van der Waals surface area contributed by atoms with Crippen molar-refractivity contribution in [1.29, 1.82) is 5.26 Å². The van der Waals surface area contributed by atoms with Crippen molar-refractivity contribution in [2.24, 2.45) is 5.73 Å². The molecule has 0 spiro atoms. The Kier molecular flexibility index (Phi) is 4.56. The van der Waals surface area contributed by atoms with Gasteiger partial charge in [-0.25, -0.2) is 0 Å². The van der Waals surface area contributed by atoms with E-state index in [0.717, 1.165) is 22.9 Å². The minimum absolute atomic E-state index is 0.571. The molecule has 4 nitrogen and oxygen atoms in total. The Bertz CT molecular complexity index is 534. The van der Waals surface area contributed by atoms with Gasteiger partial charge >= 0.3 is 0 Å². The zero-order chi connectivity index (χ0) is 12.8. The molecule has 0 aliphatic carbocycles. The molecule has 0 atom stereocenters. The largest absolute Gasteiger partial charge is 0.398 e. The summed E-state index contributed by atoms with van der Waals surface area (Å²) in [6, 6.07) is 5.56. The van der Waals surface area contributed by atoms with Crippen molar-refractivity contribution in [3.05, 3.63) is 29.5 Å². The first kappa shape index (κ1) is 13.1. The quantitative estimate of drug-likeness (QED) is 0.690. The predicted octanol–water partition coefficient (Wildman–Crippen LogP) is 2.15. The number of benzene rings is 1. The fraction of sp³-hybridized carbons (Fsp3) is 0.308. The smallest absolute Gasteiger partial charge is 0.0993 e. The summed E-state index contributed by atoms with van der Waals surface area (Å²) in [6.45, 7) is 4.59. The van der Waals surface area contributed by atoms with Crippen LogP contribution < -0.4 is 11.5 Å². The number of H-pyrrole nitrogens is 1. The summed E-state index contributed by atoms with van der Waals surface area (Å²) in [4.78, 5) is 3.10. The maximum Gasteiger partial charge on any atom is 0.0993 e. The van der Waals surface area contributed by atoms with Gasteiger partial charge in [0.2, 0.25) is 0 Å². The van der Waals surface area contributed by atoms with Crippen LogP contribution in [0.15, 0.2) is 18.3 Å². The second kappa shape index (κ2) is 5.92. The van der Waals surface area contributed by atoms with E-state index in [4.69, 9.17) is 16.7 Å². The fourth-order valence-corrected chi connectivity index (χ4v) is 1.79. The van der Waals surface area contributed by atoms with E-state index in [9.17, 15) is 0 Å². The van der Waals surface area contributed by atoms with Crippen LogP contribution in [-0.4, -0.2) is 11.5 Å². The summed E-state index contributed by atoms with van der Waals surface area (Å²) in [5.74, 6) is 0. The van der Waals surface area contributed by atoms with E-state index in [0.29, 0.717) is 17.8 Å². The molecule has 0 fully saturated rings. The highest BCUT2D eigenvalue weighted by Crippen LogP contribution is 2.26. The lowest BCUT2D eigenvalue weighted by Crippen LogP contribution is -2.02. The number of aromatic amines is 1. The molecule has 17 heavy (non-hydrogen) atoms. The summed E-state index contributed by atoms with van der Waals surface area (Å²) < 4.78 is 0. The van der Waals surface area contributed by atoms with E-state index in [1.165, 1.54) is 0 Å². The molecule has 0 bridgehead atoms. The zero-order valence-electron chi connectivity index (χ0n) is 10.2. The summed E-state index contributed by atoms with van der Waals surface area (Å²) in [5.41, 5.74) is 14.6. The van der Waals surface area contributed by atoms with Crippen molar-refractivity contribution in [1.82, 2.24) is 4.98 Å². The highest BCUT2D eigenvalue weighted by Gasteiger charge is 2.07. The SMILES string of the molecule is CC.N#Cc1cc(N)c2c(CCN)c[nH]c2c1. The van der Waals surface area contributed by atoms with Gasteiger partial charge in [0.15, 0.2) is 0 Å². The molecular weight excluding hydrogens is 212 g/mol. The first-order valence-electron chi connectivity index (χ1n) is 5.76. The first-order valence-corrected chi connectivity index (χ1v) is 5.76. The lowest BCUT2D eigenvalue weighted by Gasteiger charge is -2.01. The average Bonchev–Trinajstić information content (AvgIpc) is 2.76. The Labute approximate surface area is 101 Å². The molecule has 2 rings (SSSR count). The molecule has 0 saturated carbocycles. The lowest BCUT2D eigenvalue weighted by molar-refractivity contribution is 0.976. The third kappa shape index (κ3) is 2.58. The van der Waals surface area contributed by atoms with Crippen LogP contribution in [0.1, 0.15) is 25.0 Å². The molecule has 0 aliphatic rings. The van der Waals surface area contributed by atoms with Crippen LogP contribution in [-0.2, 0) is 6.42 Å². The van der Waals surface area contributed by atoms with Crippen LogP contribution >= 0.6 is 0 Å². The second-order valence-electron chi connectivity index (χ2n) is 3.45. The Morgan fingerprint density at radius 3 is 2.65 bits per heavy atom. The molecule has 1 aromatic heterocycles. The Balaban J connectivity index is 0.000000686. The zero-order valence-corrected chi connectivity index (χ0v) is 10.2. The molecule has 90 valence electrons. The number of hydrogen-bond acceptors (Lipinski definition) is 3. The van der Waals surface area contributed by atoms with Gasteiger partial charge < -0.3 is 16.5 Å². The van der Waals surface area contributed by atoms with E-state index >= 15 is 0 Å². The van der Waals surface area contributed by atoms with Gasteiger partial charge in [-0.3, -0.25) is 0 Å². The lowest BCUT2D eigenvalue weighted by atomic mass is 10.1. The van der Waals surface area contributed by atoms with E-state index in [1.807, 2.05) is 20.0 Å². The number of aromatic nitrogens is 1. The van der Waals surface area contributed by atoms with Gasteiger partial charge in [-0.2, -0.15) is 5.26 Å². The maximum absolute atomic E-state index is 8.79. The van der Waals surface area contributed by atoms with Crippen molar-refractivity contribution < 1.29 is 0 Å². The summed E-state index contributed by atoms with van der Waals surface area (Å²) in [6.07, 6.45) is 2.69. The molecule has 5 N–H and O–H groups in total. The highest BCUT2D eigenvalue weighted by molar-refractivity contribution is 5.95. The van der Waals surface area contributed by atoms with Gasteiger partial charge in [0.1, 0.15) is 0 Å². The fourth-order valence-electron chi connectivity index (χ4n) is 1.79. The number of nitrogens with one attached hydrogen (secondary N) is 1. The van der Waals surface area contributed by atoms with Crippen LogP contribution in [0.2, 0.25) is 0 Å². The molecule has 0 unspecified atom stereocenters. The number of nitriles is 1. The number of fused-ring (bicyclic) bond motifs is 1. The highest BCUT2D eigenvalue weighted by atomic mass is 14.7. The van der Waals surface area contributed by atoms with Gasteiger partial charge in [0.05, 0.1) is 11.6 Å². The molecular formula is C13H18N4. The van der Waals surface area contributed by atoms with Crippen LogP contribution in [0.5, 0.6) is 0 Å². The number of nitrogens with two attached hydrogens (primary N) is 2. The van der Waals surface area contributed by atoms with E-state index in [-0.39, 0.29) is 0 Å². The van der Waals surface area contributed by atoms with Gasteiger partial charge in [-0.15, -0.1) is 0 Å². The third-order valence-electron chi connectivity index (χ3n) is 2.43. The summed E-state index contributed by atoms with van der Waals surface area (Å²) in [5, 5.41) is 9.78. The molecule has 0 saturated heterocycles. The first-order chi connectivity index (χ1) is 8.26. The number of nitrogens with zero attached hydrogens (tertiary/aromatic N) is 1. The Morgan fingerprint density at radius 1 is 1.35 bits per heavy atom. The minimum Gasteiger partial charge on any atom is -0.398 e. The summed E-state index contributed by atoms with van der Waals surface area (Å²) in [7, 11) is 0. The molecule has 0 aliphatic heterocycles. The van der Waals surface area contributed by atoms with Crippen molar-refractivity contribution in [2.45, 2.75) is 20.3 Å². The van der Waals surface area contributed by atoms with Crippen LogP contribution in [0, 0.1) is 11.3 Å². The number of nitrogen functional groups attached to an aromatic ring is 1. The Hall–Kier alpha value is -1.99. The van der Waals surface area contributed by atoms with Crippen LogP contribution in [0.4, 0.5) is 5.69 Å². The molecule has 0 radical (unpaired) electrons. The number of rotatable bonds is 2. The Morgan fingerprint density at radius 2 is 2.06 bits per heavy atom. The topological polar surface area (TPSA) is 91.6 Å².